The first kappa shape index (κ1) is 23.3. The van der Waals surface area contributed by atoms with Crippen LogP contribution in [-0.2, 0) is 21.6 Å². The lowest BCUT2D eigenvalue weighted by atomic mass is 9.71. The molecule has 4 rings (SSSR count). The molecule has 7 heteroatoms. The number of benzene rings is 2. The van der Waals surface area contributed by atoms with E-state index in [9.17, 15) is 5.26 Å². The highest BCUT2D eigenvalue weighted by Gasteiger charge is 2.40. The molecule has 0 bridgehead atoms. The van der Waals surface area contributed by atoms with Gasteiger partial charge in [0.1, 0.15) is 17.8 Å². The summed E-state index contributed by atoms with van der Waals surface area (Å²) >= 11 is 0. The van der Waals surface area contributed by atoms with Crippen LogP contribution >= 0.6 is 0 Å². The Morgan fingerprint density at radius 2 is 1.59 bits per heavy atom. The van der Waals surface area contributed by atoms with Gasteiger partial charge in [-0.1, -0.05) is 48.9 Å². The van der Waals surface area contributed by atoms with E-state index in [2.05, 4.69) is 29.2 Å². The molecule has 2 N–H and O–H groups in total. The Hall–Kier alpha value is -3.37. The van der Waals surface area contributed by atoms with Crippen molar-refractivity contribution in [2.24, 2.45) is 0 Å². The predicted molar refractivity (Wildman–Crippen MR) is 118 cm³/mol. The normalized spacial score (nSPS) is 19.6. The van der Waals surface area contributed by atoms with Crippen LogP contribution in [0.4, 0.5) is 0 Å². The van der Waals surface area contributed by atoms with E-state index < -0.39 is 17.4 Å². The van der Waals surface area contributed by atoms with Gasteiger partial charge in [0, 0.05) is 5.56 Å². The summed E-state index contributed by atoms with van der Waals surface area (Å²) in [5, 5.41) is 25.2. The zero-order valence-corrected chi connectivity index (χ0v) is 18.0. The summed E-state index contributed by atoms with van der Waals surface area (Å²) in [7, 11) is 0. The fourth-order valence-electron chi connectivity index (χ4n) is 4.50. The summed E-state index contributed by atoms with van der Waals surface area (Å²) in [6.45, 7) is 4.02. The van der Waals surface area contributed by atoms with Crippen LogP contribution < -0.4 is 4.74 Å². The van der Waals surface area contributed by atoms with Gasteiger partial charge >= 0.3 is 11.9 Å². The molecule has 0 amide bonds. The van der Waals surface area contributed by atoms with Crippen LogP contribution in [0.15, 0.2) is 48.5 Å². The van der Waals surface area contributed by atoms with Crippen LogP contribution in [-0.4, -0.2) is 46.7 Å². The molecule has 1 fully saturated rings. The smallest absolute Gasteiger partial charge is 0.414 e. The average molecular weight is 437 g/mol. The number of hydrogen-bond acceptors (Lipinski definition) is 5. The summed E-state index contributed by atoms with van der Waals surface area (Å²) < 4.78 is 6.07. The highest BCUT2D eigenvalue weighted by molar-refractivity contribution is 6.27. The quantitative estimate of drug-likeness (QED) is 0.701. The average Bonchev–Trinajstić information content (AvgIpc) is 2.96. The minimum atomic E-state index is -1.82. The van der Waals surface area contributed by atoms with Crippen molar-refractivity contribution >= 4 is 11.9 Å². The summed E-state index contributed by atoms with van der Waals surface area (Å²) in [5.74, 6) is -2.80. The number of carboxylic acid groups (broad SMARTS) is 2. The van der Waals surface area contributed by atoms with E-state index in [4.69, 9.17) is 24.5 Å². The summed E-state index contributed by atoms with van der Waals surface area (Å²) in [6.07, 6.45) is 5.83. The van der Waals surface area contributed by atoms with Crippen LogP contribution in [0.1, 0.15) is 48.8 Å². The van der Waals surface area contributed by atoms with Crippen LogP contribution in [0, 0.1) is 11.3 Å². The van der Waals surface area contributed by atoms with Gasteiger partial charge < -0.3 is 19.8 Å². The number of hydrogen-bond donors (Lipinski definition) is 2. The molecule has 0 spiro atoms. The number of likely N-dealkylation sites (tertiary alicyclic amines) is 1. The zero-order valence-electron chi connectivity index (χ0n) is 18.0. The van der Waals surface area contributed by atoms with E-state index in [0.29, 0.717) is 6.61 Å². The van der Waals surface area contributed by atoms with Gasteiger partial charge in [-0.15, -0.1) is 0 Å². The number of para-hydroxylation sites is 1. The number of aliphatic carboxylic acids is 2. The van der Waals surface area contributed by atoms with Gasteiger partial charge in [-0.2, -0.15) is 5.26 Å². The number of rotatable bonds is 4. The molecule has 2 aromatic carbocycles. The van der Waals surface area contributed by atoms with Crippen LogP contribution in [0.25, 0.3) is 0 Å². The number of carboxylic acids is 2. The highest BCUT2D eigenvalue weighted by Crippen LogP contribution is 2.44. The van der Waals surface area contributed by atoms with Crippen molar-refractivity contribution in [3.05, 3.63) is 65.2 Å². The minimum absolute atomic E-state index is 0.530. The molecule has 0 saturated carbocycles. The van der Waals surface area contributed by atoms with E-state index in [1.54, 1.807) is 0 Å². The molecule has 2 aliphatic rings. The summed E-state index contributed by atoms with van der Waals surface area (Å²) in [5.41, 5.74) is 2.64. The topological polar surface area (TPSA) is 111 Å². The first-order valence-electron chi connectivity index (χ1n) is 10.9. The Labute approximate surface area is 187 Å². The van der Waals surface area contributed by atoms with Gasteiger partial charge in [-0.25, -0.2) is 9.59 Å². The lowest BCUT2D eigenvalue weighted by molar-refractivity contribution is -0.159. The van der Waals surface area contributed by atoms with Crippen LogP contribution in [0.3, 0.4) is 0 Å². The molecule has 1 unspecified atom stereocenters. The first-order chi connectivity index (χ1) is 15.5. The maximum atomic E-state index is 10.4. The SMILES string of the molecule is N#CC1(CCCN2CCCCC2)c2ccccc2COc2ccccc21.O=C(O)C(=O)O. The van der Waals surface area contributed by atoms with Gasteiger partial charge in [0.2, 0.25) is 0 Å². The molecule has 32 heavy (non-hydrogen) atoms. The van der Waals surface area contributed by atoms with Crippen molar-refractivity contribution in [2.75, 3.05) is 19.6 Å². The molecular formula is C25H28N2O5. The second-order valence-electron chi connectivity index (χ2n) is 8.08. The first-order valence-corrected chi connectivity index (χ1v) is 10.9. The molecule has 2 aliphatic heterocycles. The van der Waals surface area contributed by atoms with Crippen molar-refractivity contribution in [1.82, 2.24) is 4.90 Å². The van der Waals surface area contributed by atoms with Crippen LogP contribution in [0.5, 0.6) is 5.75 Å². The number of ether oxygens (including phenoxy) is 1. The fraction of sp³-hybridized carbons (Fsp3) is 0.400. The Morgan fingerprint density at radius 3 is 2.25 bits per heavy atom. The monoisotopic (exact) mass is 436 g/mol. The third kappa shape index (κ3) is 5.27. The molecule has 0 aromatic heterocycles. The number of carbonyl (C=O) groups is 2. The third-order valence-electron chi connectivity index (χ3n) is 6.06. The number of nitrogens with zero attached hydrogens (tertiary/aromatic N) is 2. The maximum Gasteiger partial charge on any atom is 0.414 e. The minimum Gasteiger partial charge on any atom is -0.489 e. The lowest BCUT2D eigenvalue weighted by Gasteiger charge is -2.31. The Morgan fingerprint density at radius 1 is 0.969 bits per heavy atom. The molecule has 0 radical (unpaired) electrons. The molecular weight excluding hydrogens is 408 g/mol. The Bertz CT molecular complexity index is 932. The standard InChI is InChI=1S/C23H26N2O.C2H2O4/c24-18-23(13-8-16-25-14-6-1-7-15-25)20-10-3-2-9-19(20)17-26-22-12-5-4-11-21(22)23;3-1(4)2(5)6/h2-5,9-12H,1,6-8,13-17H2;(H,3,4)(H,5,6). The Balaban J connectivity index is 0.000000427. The molecule has 0 aliphatic carbocycles. The number of piperidine rings is 1. The predicted octanol–water partition coefficient (Wildman–Crippen LogP) is 3.81. The van der Waals surface area contributed by atoms with Crippen molar-refractivity contribution in [1.29, 1.82) is 5.26 Å². The molecule has 7 nitrogen and oxygen atoms in total. The second kappa shape index (κ2) is 10.8. The largest absolute Gasteiger partial charge is 0.489 e. The fourth-order valence-corrected chi connectivity index (χ4v) is 4.50. The second-order valence-corrected chi connectivity index (χ2v) is 8.08. The number of nitriles is 1. The Kier molecular flexibility index (Phi) is 7.85. The van der Waals surface area contributed by atoms with Crippen molar-refractivity contribution < 1.29 is 24.5 Å². The summed E-state index contributed by atoms with van der Waals surface area (Å²) in [4.78, 5) is 20.8. The van der Waals surface area contributed by atoms with Gasteiger partial charge in [0.25, 0.3) is 0 Å². The lowest BCUT2D eigenvalue weighted by Crippen LogP contribution is -2.33. The zero-order chi connectivity index (χ0) is 23.0. The highest BCUT2D eigenvalue weighted by atomic mass is 16.5. The van der Waals surface area contributed by atoms with Gasteiger partial charge in [-0.3, -0.25) is 0 Å². The van der Waals surface area contributed by atoms with Crippen molar-refractivity contribution in [3.63, 3.8) is 0 Å². The van der Waals surface area contributed by atoms with E-state index in [1.165, 1.54) is 32.4 Å². The summed E-state index contributed by atoms with van der Waals surface area (Å²) in [6, 6.07) is 19.1. The molecule has 168 valence electrons. The van der Waals surface area contributed by atoms with E-state index in [-0.39, 0.29) is 0 Å². The molecule has 1 saturated heterocycles. The number of fused-ring (bicyclic) bond motifs is 2. The van der Waals surface area contributed by atoms with Gasteiger partial charge in [0.15, 0.2) is 0 Å². The van der Waals surface area contributed by atoms with Gasteiger partial charge in [-0.05, 0) is 62.5 Å². The van der Waals surface area contributed by atoms with E-state index >= 15 is 0 Å². The van der Waals surface area contributed by atoms with E-state index in [1.807, 2.05) is 30.3 Å². The van der Waals surface area contributed by atoms with Crippen molar-refractivity contribution in [2.45, 2.75) is 44.1 Å². The van der Waals surface area contributed by atoms with E-state index in [0.717, 1.165) is 41.8 Å². The van der Waals surface area contributed by atoms with Crippen molar-refractivity contribution in [3.8, 4) is 11.8 Å². The maximum absolute atomic E-state index is 10.4. The molecule has 2 heterocycles. The third-order valence-corrected chi connectivity index (χ3v) is 6.06. The van der Waals surface area contributed by atoms with Gasteiger partial charge in [0.05, 0.1) is 6.07 Å². The molecule has 1 atom stereocenters. The molecule has 2 aromatic rings. The van der Waals surface area contributed by atoms with Crippen LogP contribution in [0.2, 0.25) is 0 Å².